The average molecular weight is 536 g/mol. The number of anilines is 3. The van der Waals surface area contributed by atoms with Crippen molar-refractivity contribution in [3.63, 3.8) is 0 Å². The molecule has 12 heteroatoms. The van der Waals surface area contributed by atoms with Crippen molar-refractivity contribution in [3.05, 3.63) is 34.2 Å². The van der Waals surface area contributed by atoms with Crippen molar-refractivity contribution < 1.29 is 14.3 Å². The zero-order valence-electron chi connectivity index (χ0n) is 19.8. The molecule has 0 spiro atoms. The molecule has 0 unspecified atom stereocenters. The summed E-state index contributed by atoms with van der Waals surface area (Å²) in [7, 11) is 0. The lowest BCUT2D eigenvalue weighted by Crippen LogP contribution is -2.38. The molecule has 2 aliphatic rings. The molecule has 36 heavy (non-hydrogen) atoms. The summed E-state index contributed by atoms with van der Waals surface area (Å²) in [5.74, 6) is 0.0497. The van der Waals surface area contributed by atoms with E-state index >= 15 is 0 Å². The van der Waals surface area contributed by atoms with Gasteiger partial charge in [0.2, 0.25) is 17.8 Å². The lowest BCUT2D eigenvalue weighted by atomic mass is 9.73. The number of aliphatic hydroxyl groups is 1. The third-order valence-corrected chi connectivity index (χ3v) is 8.03. The Morgan fingerprint density at radius 2 is 1.89 bits per heavy atom. The molecule has 3 aromatic rings. The SMILES string of the molecule is C[C@]1(C(N)=O)CC[C@H](n2c(Nc3c(Cl)cc(F)cc3Cl)nc3cnc(N[C@H]4CC[C@H](O)C4)nc32)CC1. The number of hydrogen-bond donors (Lipinski definition) is 4. The van der Waals surface area contributed by atoms with Crippen LogP contribution in [0.15, 0.2) is 18.3 Å². The molecule has 5 N–H and O–H groups in total. The largest absolute Gasteiger partial charge is 0.393 e. The Kier molecular flexibility index (Phi) is 6.69. The standard InChI is InChI=1S/C24H28Cl2FN7O2/c1-24(21(28)36)6-4-14(5-7-24)34-20-18(11-29-22(33-20)30-13-2-3-15(35)10-13)31-23(34)32-19-16(25)8-12(27)9-17(19)26/h8-9,11,13-15,35H,2-7,10H2,1H3,(H2,28,36)(H,31,32)(H,29,30,33)/t13-,14-,15-,24-/m0/s1. The van der Waals surface area contributed by atoms with Gasteiger partial charge in [0.1, 0.15) is 11.3 Å². The van der Waals surface area contributed by atoms with E-state index in [9.17, 15) is 14.3 Å². The maximum atomic E-state index is 13.8. The van der Waals surface area contributed by atoms with Gasteiger partial charge in [-0.3, -0.25) is 9.36 Å². The van der Waals surface area contributed by atoms with Crippen LogP contribution in [0.25, 0.3) is 11.2 Å². The summed E-state index contributed by atoms with van der Waals surface area (Å²) in [6, 6.07) is 2.42. The van der Waals surface area contributed by atoms with Gasteiger partial charge in [-0.25, -0.2) is 14.4 Å². The molecule has 2 aromatic heterocycles. The van der Waals surface area contributed by atoms with Crippen LogP contribution < -0.4 is 16.4 Å². The summed E-state index contributed by atoms with van der Waals surface area (Å²) in [6.07, 6.45) is 6.17. The van der Waals surface area contributed by atoms with Crippen molar-refractivity contribution in [3.8, 4) is 0 Å². The highest BCUT2D eigenvalue weighted by molar-refractivity contribution is 6.39. The molecule has 0 radical (unpaired) electrons. The summed E-state index contributed by atoms with van der Waals surface area (Å²) in [6.45, 7) is 1.90. The van der Waals surface area contributed by atoms with Crippen molar-refractivity contribution in [2.45, 2.75) is 70.1 Å². The second kappa shape index (κ2) is 9.64. The number of carbonyl (C=O) groups excluding carboxylic acids is 1. The Hall–Kier alpha value is -2.69. The fourth-order valence-corrected chi connectivity index (χ4v) is 5.74. The van der Waals surface area contributed by atoms with Gasteiger partial charge in [0, 0.05) is 17.5 Å². The zero-order valence-corrected chi connectivity index (χ0v) is 21.3. The van der Waals surface area contributed by atoms with Gasteiger partial charge in [-0.15, -0.1) is 0 Å². The molecular formula is C24H28Cl2FN7O2. The molecule has 9 nitrogen and oxygen atoms in total. The Balaban J connectivity index is 1.53. The topological polar surface area (TPSA) is 131 Å². The van der Waals surface area contributed by atoms with E-state index in [1.165, 1.54) is 12.1 Å². The number of nitrogens with one attached hydrogen (secondary N) is 2. The minimum absolute atomic E-state index is 0.0287. The highest BCUT2D eigenvalue weighted by Gasteiger charge is 2.38. The first-order chi connectivity index (χ1) is 17.1. The van der Waals surface area contributed by atoms with Gasteiger partial charge >= 0.3 is 0 Å². The van der Waals surface area contributed by atoms with Gasteiger partial charge < -0.3 is 21.5 Å². The molecule has 2 heterocycles. The number of nitrogens with zero attached hydrogens (tertiary/aromatic N) is 4. The predicted octanol–water partition coefficient (Wildman–Crippen LogP) is 4.95. The van der Waals surface area contributed by atoms with Gasteiger partial charge in [-0.05, 0) is 57.1 Å². The maximum Gasteiger partial charge on any atom is 0.224 e. The fourth-order valence-electron chi connectivity index (χ4n) is 5.18. The van der Waals surface area contributed by atoms with Crippen LogP contribution in [-0.4, -0.2) is 42.7 Å². The smallest absolute Gasteiger partial charge is 0.224 e. The Bertz CT molecular complexity index is 1290. The molecule has 2 atom stereocenters. The molecule has 192 valence electrons. The van der Waals surface area contributed by atoms with Crippen molar-refractivity contribution in [1.29, 1.82) is 0 Å². The Morgan fingerprint density at radius 1 is 1.19 bits per heavy atom. The number of aromatic nitrogens is 4. The molecular weight excluding hydrogens is 508 g/mol. The predicted molar refractivity (Wildman–Crippen MR) is 137 cm³/mol. The van der Waals surface area contributed by atoms with E-state index in [2.05, 4.69) is 15.6 Å². The lowest BCUT2D eigenvalue weighted by Gasteiger charge is -2.35. The van der Waals surface area contributed by atoms with Crippen LogP contribution in [0.2, 0.25) is 10.0 Å². The third-order valence-electron chi connectivity index (χ3n) is 7.43. The van der Waals surface area contributed by atoms with Crippen molar-refractivity contribution in [2.75, 3.05) is 10.6 Å². The summed E-state index contributed by atoms with van der Waals surface area (Å²) in [5, 5.41) is 16.6. The van der Waals surface area contributed by atoms with Crippen LogP contribution in [-0.2, 0) is 4.79 Å². The molecule has 2 aliphatic carbocycles. The van der Waals surface area contributed by atoms with Gasteiger partial charge in [0.05, 0.1) is 28.0 Å². The second-order valence-corrected chi connectivity index (χ2v) is 10.9. The number of aliphatic hydroxyl groups excluding tert-OH is 1. The van der Waals surface area contributed by atoms with E-state index in [1.807, 2.05) is 11.5 Å². The van der Waals surface area contributed by atoms with E-state index in [0.717, 1.165) is 12.8 Å². The van der Waals surface area contributed by atoms with Gasteiger partial charge in [-0.1, -0.05) is 30.1 Å². The van der Waals surface area contributed by atoms with E-state index in [-0.39, 0.29) is 34.1 Å². The number of halogens is 3. The minimum atomic E-state index is -0.560. The first kappa shape index (κ1) is 25.0. The molecule has 1 aromatic carbocycles. The quantitative estimate of drug-likeness (QED) is 0.351. The van der Waals surface area contributed by atoms with Crippen LogP contribution in [0, 0.1) is 11.2 Å². The van der Waals surface area contributed by atoms with Gasteiger partial charge in [-0.2, -0.15) is 4.98 Å². The number of hydrogen-bond acceptors (Lipinski definition) is 7. The molecule has 2 saturated carbocycles. The van der Waals surface area contributed by atoms with Crippen LogP contribution >= 0.6 is 23.2 Å². The Labute approximate surface area is 217 Å². The normalized spacial score (nSPS) is 26.3. The number of nitrogens with two attached hydrogens (primary N) is 1. The number of carbonyl (C=O) groups is 1. The molecule has 0 saturated heterocycles. The number of fused-ring (bicyclic) bond motifs is 1. The molecule has 1 amide bonds. The van der Waals surface area contributed by atoms with E-state index in [1.54, 1.807) is 6.20 Å². The zero-order chi connectivity index (χ0) is 25.6. The number of benzene rings is 1. The Morgan fingerprint density at radius 3 is 2.50 bits per heavy atom. The molecule has 2 fully saturated rings. The molecule has 0 bridgehead atoms. The maximum absolute atomic E-state index is 13.8. The van der Waals surface area contributed by atoms with Crippen molar-refractivity contribution >= 4 is 57.9 Å². The van der Waals surface area contributed by atoms with Crippen molar-refractivity contribution in [2.24, 2.45) is 11.1 Å². The average Bonchev–Trinajstić information content (AvgIpc) is 3.39. The van der Waals surface area contributed by atoms with E-state index in [4.69, 9.17) is 38.9 Å². The van der Waals surface area contributed by atoms with Crippen LogP contribution in [0.1, 0.15) is 57.9 Å². The highest BCUT2D eigenvalue weighted by atomic mass is 35.5. The molecule has 0 aliphatic heterocycles. The summed E-state index contributed by atoms with van der Waals surface area (Å²) in [5.41, 5.74) is 6.61. The first-order valence-electron chi connectivity index (χ1n) is 12.0. The number of imidazole rings is 1. The van der Waals surface area contributed by atoms with Gasteiger partial charge in [0.15, 0.2) is 5.65 Å². The number of rotatable bonds is 6. The minimum Gasteiger partial charge on any atom is -0.393 e. The third kappa shape index (κ3) is 4.81. The van der Waals surface area contributed by atoms with E-state index < -0.39 is 11.2 Å². The molecule has 5 rings (SSSR count). The number of amides is 1. The van der Waals surface area contributed by atoms with Crippen molar-refractivity contribution in [1.82, 2.24) is 19.5 Å². The van der Waals surface area contributed by atoms with Crippen LogP contribution in [0.4, 0.5) is 22.0 Å². The summed E-state index contributed by atoms with van der Waals surface area (Å²) in [4.78, 5) is 25.9. The van der Waals surface area contributed by atoms with Crippen LogP contribution in [0.5, 0.6) is 0 Å². The summed E-state index contributed by atoms with van der Waals surface area (Å²) < 4.78 is 15.7. The van der Waals surface area contributed by atoms with Crippen LogP contribution in [0.3, 0.4) is 0 Å². The monoisotopic (exact) mass is 535 g/mol. The van der Waals surface area contributed by atoms with E-state index in [0.29, 0.717) is 60.9 Å². The first-order valence-corrected chi connectivity index (χ1v) is 12.8. The summed E-state index contributed by atoms with van der Waals surface area (Å²) >= 11 is 12.6. The number of primary amides is 1. The highest BCUT2D eigenvalue weighted by Crippen LogP contribution is 2.43. The van der Waals surface area contributed by atoms with Gasteiger partial charge in [0.25, 0.3) is 0 Å². The second-order valence-electron chi connectivity index (χ2n) is 10.0. The fraction of sp³-hybridized carbons (Fsp3) is 0.500. The lowest BCUT2D eigenvalue weighted by molar-refractivity contribution is -0.128.